The van der Waals surface area contributed by atoms with Gasteiger partial charge < -0.3 is 4.74 Å². The SMILES string of the molecule is Fc1ccccc1COC1CCN(Cc2cc3n(n2)CCC3)CC1. The van der Waals surface area contributed by atoms with E-state index in [-0.39, 0.29) is 11.9 Å². The van der Waals surface area contributed by atoms with Crippen LogP contribution in [0.5, 0.6) is 0 Å². The maximum Gasteiger partial charge on any atom is 0.128 e. The second-order valence-corrected chi connectivity index (χ2v) is 6.83. The third-order valence-corrected chi connectivity index (χ3v) is 5.07. The molecule has 5 heteroatoms. The van der Waals surface area contributed by atoms with E-state index in [0.29, 0.717) is 12.2 Å². The first kappa shape index (κ1) is 15.8. The molecule has 0 N–H and O–H groups in total. The number of nitrogens with zero attached hydrogens (tertiary/aromatic N) is 3. The molecule has 0 unspecified atom stereocenters. The Labute approximate surface area is 142 Å². The molecule has 0 amide bonds. The van der Waals surface area contributed by atoms with Crippen molar-refractivity contribution in [2.45, 2.75) is 51.5 Å². The highest BCUT2D eigenvalue weighted by Crippen LogP contribution is 2.20. The number of halogens is 1. The van der Waals surface area contributed by atoms with E-state index in [9.17, 15) is 4.39 Å². The summed E-state index contributed by atoms with van der Waals surface area (Å²) >= 11 is 0. The van der Waals surface area contributed by atoms with Crippen molar-refractivity contribution in [2.75, 3.05) is 13.1 Å². The minimum atomic E-state index is -0.178. The van der Waals surface area contributed by atoms with Crippen molar-refractivity contribution in [3.05, 3.63) is 53.1 Å². The Hall–Kier alpha value is -1.72. The number of likely N-dealkylation sites (tertiary alicyclic amines) is 1. The number of aryl methyl sites for hydroxylation is 2. The van der Waals surface area contributed by atoms with Crippen LogP contribution in [0, 0.1) is 5.82 Å². The van der Waals surface area contributed by atoms with Gasteiger partial charge in [-0.05, 0) is 37.8 Å². The molecule has 2 aromatic rings. The molecule has 1 aromatic heterocycles. The van der Waals surface area contributed by atoms with Gasteiger partial charge in [0, 0.05) is 37.4 Å². The van der Waals surface area contributed by atoms with Gasteiger partial charge in [-0.3, -0.25) is 9.58 Å². The average molecular weight is 329 g/mol. The van der Waals surface area contributed by atoms with Gasteiger partial charge in [-0.25, -0.2) is 4.39 Å². The molecule has 128 valence electrons. The summed E-state index contributed by atoms with van der Waals surface area (Å²) in [7, 11) is 0. The first-order chi connectivity index (χ1) is 11.8. The number of piperidine rings is 1. The van der Waals surface area contributed by atoms with Gasteiger partial charge in [0.2, 0.25) is 0 Å². The first-order valence-corrected chi connectivity index (χ1v) is 8.91. The number of ether oxygens (including phenoxy) is 1. The van der Waals surface area contributed by atoms with Crippen molar-refractivity contribution in [3.63, 3.8) is 0 Å². The topological polar surface area (TPSA) is 30.3 Å². The molecule has 0 spiro atoms. The Morgan fingerprint density at radius 1 is 1.17 bits per heavy atom. The zero-order valence-corrected chi connectivity index (χ0v) is 14.0. The van der Waals surface area contributed by atoms with Crippen LogP contribution in [0.3, 0.4) is 0 Å². The lowest BCUT2D eigenvalue weighted by Gasteiger charge is -2.31. The van der Waals surface area contributed by atoms with E-state index in [1.54, 1.807) is 12.1 Å². The molecule has 2 aliphatic heterocycles. The van der Waals surface area contributed by atoms with E-state index in [1.165, 1.54) is 30.3 Å². The van der Waals surface area contributed by atoms with Crippen LogP contribution in [0.15, 0.2) is 30.3 Å². The molecule has 1 saturated heterocycles. The Morgan fingerprint density at radius 3 is 2.79 bits per heavy atom. The van der Waals surface area contributed by atoms with E-state index in [1.807, 2.05) is 6.07 Å². The largest absolute Gasteiger partial charge is 0.373 e. The van der Waals surface area contributed by atoms with Crippen molar-refractivity contribution >= 4 is 0 Å². The lowest BCUT2D eigenvalue weighted by molar-refractivity contribution is -0.00517. The normalized spacial score (nSPS) is 18.9. The molecular formula is C19H24FN3O. The Kier molecular flexibility index (Phi) is 4.63. The van der Waals surface area contributed by atoms with Crippen LogP contribution in [0.1, 0.15) is 36.2 Å². The zero-order valence-electron chi connectivity index (χ0n) is 14.0. The molecular weight excluding hydrogens is 305 g/mol. The van der Waals surface area contributed by atoms with E-state index in [2.05, 4.69) is 15.6 Å². The smallest absolute Gasteiger partial charge is 0.128 e. The molecule has 4 nitrogen and oxygen atoms in total. The summed E-state index contributed by atoms with van der Waals surface area (Å²) < 4.78 is 21.7. The highest BCUT2D eigenvalue weighted by molar-refractivity contribution is 5.16. The Morgan fingerprint density at radius 2 is 2.00 bits per heavy atom. The van der Waals surface area contributed by atoms with Gasteiger partial charge in [0.05, 0.1) is 18.4 Å². The molecule has 1 fully saturated rings. The predicted octanol–water partition coefficient (Wildman–Crippen LogP) is 3.15. The molecule has 0 radical (unpaired) electrons. The van der Waals surface area contributed by atoms with E-state index >= 15 is 0 Å². The van der Waals surface area contributed by atoms with Crippen LogP contribution in [-0.4, -0.2) is 33.9 Å². The predicted molar refractivity (Wildman–Crippen MR) is 90.0 cm³/mol. The average Bonchev–Trinajstić information content (AvgIpc) is 3.17. The van der Waals surface area contributed by atoms with Gasteiger partial charge in [0.1, 0.15) is 5.82 Å². The molecule has 0 saturated carbocycles. The Balaban J connectivity index is 1.24. The van der Waals surface area contributed by atoms with Crippen molar-refractivity contribution in [1.29, 1.82) is 0 Å². The minimum absolute atomic E-state index is 0.178. The Bertz CT molecular complexity index is 670. The molecule has 0 atom stereocenters. The summed E-state index contributed by atoms with van der Waals surface area (Å²) in [5.74, 6) is -0.178. The van der Waals surface area contributed by atoms with E-state index in [0.717, 1.165) is 39.0 Å². The summed E-state index contributed by atoms with van der Waals surface area (Å²) in [6, 6.07) is 9.11. The lowest BCUT2D eigenvalue weighted by atomic mass is 10.1. The number of fused-ring (bicyclic) bond motifs is 1. The van der Waals surface area contributed by atoms with Gasteiger partial charge >= 0.3 is 0 Å². The van der Waals surface area contributed by atoms with Crippen LogP contribution in [0.25, 0.3) is 0 Å². The number of aromatic nitrogens is 2. The van der Waals surface area contributed by atoms with Gasteiger partial charge in [0.25, 0.3) is 0 Å². The summed E-state index contributed by atoms with van der Waals surface area (Å²) in [6.07, 6.45) is 4.63. The van der Waals surface area contributed by atoms with Crippen molar-refractivity contribution in [3.8, 4) is 0 Å². The van der Waals surface area contributed by atoms with E-state index < -0.39 is 0 Å². The maximum atomic E-state index is 13.6. The fourth-order valence-electron chi connectivity index (χ4n) is 3.68. The quantitative estimate of drug-likeness (QED) is 0.844. The third kappa shape index (κ3) is 3.52. The first-order valence-electron chi connectivity index (χ1n) is 8.91. The fourth-order valence-corrected chi connectivity index (χ4v) is 3.68. The van der Waals surface area contributed by atoms with Gasteiger partial charge in [-0.1, -0.05) is 18.2 Å². The number of hydrogen-bond donors (Lipinski definition) is 0. The molecule has 3 heterocycles. The van der Waals surface area contributed by atoms with Gasteiger partial charge in [0.15, 0.2) is 0 Å². The van der Waals surface area contributed by atoms with Crippen LogP contribution in [0.4, 0.5) is 4.39 Å². The van der Waals surface area contributed by atoms with Crippen molar-refractivity contribution in [1.82, 2.24) is 14.7 Å². The standard InChI is InChI=1S/C19H24FN3O/c20-19-6-2-1-4-15(19)14-24-18-7-10-22(11-8-18)13-16-12-17-5-3-9-23(17)21-16/h1-2,4,6,12,18H,3,5,7-11,13-14H2. The number of hydrogen-bond acceptors (Lipinski definition) is 3. The third-order valence-electron chi connectivity index (χ3n) is 5.07. The van der Waals surface area contributed by atoms with Gasteiger partial charge in [-0.2, -0.15) is 5.10 Å². The van der Waals surface area contributed by atoms with Crippen molar-refractivity contribution in [2.24, 2.45) is 0 Å². The lowest BCUT2D eigenvalue weighted by Crippen LogP contribution is -2.36. The van der Waals surface area contributed by atoms with Crippen molar-refractivity contribution < 1.29 is 9.13 Å². The van der Waals surface area contributed by atoms with Gasteiger partial charge in [-0.15, -0.1) is 0 Å². The molecule has 1 aromatic carbocycles. The molecule has 0 aliphatic carbocycles. The van der Waals surface area contributed by atoms with Crippen LogP contribution >= 0.6 is 0 Å². The molecule has 0 bridgehead atoms. The fraction of sp³-hybridized carbons (Fsp3) is 0.526. The summed E-state index contributed by atoms with van der Waals surface area (Å²) in [5.41, 5.74) is 3.22. The monoisotopic (exact) mass is 329 g/mol. The van der Waals surface area contributed by atoms with Crippen LogP contribution < -0.4 is 0 Å². The molecule has 24 heavy (non-hydrogen) atoms. The zero-order chi connectivity index (χ0) is 16.4. The summed E-state index contributed by atoms with van der Waals surface area (Å²) in [6.45, 7) is 4.40. The second kappa shape index (κ2) is 7.03. The molecule has 2 aliphatic rings. The van der Waals surface area contributed by atoms with E-state index in [4.69, 9.17) is 9.84 Å². The molecule has 4 rings (SSSR count). The number of rotatable bonds is 5. The van der Waals surface area contributed by atoms with Crippen LogP contribution in [0.2, 0.25) is 0 Å². The minimum Gasteiger partial charge on any atom is -0.373 e. The highest BCUT2D eigenvalue weighted by Gasteiger charge is 2.22. The number of benzene rings is 1. The highest BCUT2D eigenvalue weighted by atomic mass is 19.1. The second-order valence-electron chi connectivity index (χ2n) is 6.83. The van der Waals surface area contributed by atoms with Crippen LogP contribution in [-0.2, 0) is 30.9 Å². The maximum absolute atomic E-state index is 13.6. The summed E-state index contributed by atoms with van der Waals surface area (Å²) in [4.78, 5) is 2.45. The summed E-state index contributed by atoms with van der Waals surface area (Å²) in [5, 5.41) is 4.69.